The standard InChI is InChI=1S/C13H21NO/c1-3-4-12(9-14)13(15)11-7-5-10(2)6-8-11/h5-8,12-13,15H,3-4,9,14H2,1-2H3. The van der Waals surface area contributed by atoms with Crippen LogP contribution in [-0.4, -0.2) is 11.7 Å². The van der Waals surface area contributed by atoms with Crippen LogP contribution in [0.4, 0.5) is 0 Å². The van der Waals surface area contributed by atoms with E-state index in [4.69, 9.17) is 5.73 Å². The van der Waals surface area contributed by atoms with Crippen LogP contribution in [0, 0.1) is 12.8 Å². The number of benzene rings is 1. The van der Waals surface area contributed by atoms with E-state index in [1.165, 1.54) is 5.56 Å². The Kier molecular flexibility index (Phi) is 4.79. The highest BCUT2D eigenvalue weighted by atomic mass is 16.3. The molecule has 1 aromatic rings. The third-order valence-corrected chi connectivity index (χ3v) is 2.83. The summed E-state index contributed by atoms with van der Waals surface area (Å²) in [5.41, 5.74) is 7.86. The lowest BCUT2D eigenvalue weighted by molar-refractivity contribution is 0.107. The van der Waals surface area contributed by atoms with Crippen LogP contribution >= 0.6 is 0 Å². The minimum atomic E-state index is -0.421. The molecule has 0 spiro atoms. The maximum atomic E-state index is 10.1. The average Bonchev–Trinajstić information content (AvgIpc) is 2.26. The molecular formula is C13H21NO. The zero-order valence-corrected chi connectivity index (χ0v) is 9.61. The zero-order valence-electron chi connectivity index (χ0n) is 9.61. The summed E-state index contributed by atoms with van der Waals surface area (Å²) in [6.45, 7) is 4.70. The van der Waals surface area contributed by atoms with E-state index in [2.05, 4.69) is 6.92 Å². The molecule has 0 aliphatic carbocycles. The normalized spacial score (nSPS) is 14.9. The quantitative estimate of drug-likeness (QED) is 0.778. The molecule has 0 amide bonds. The summed E-state index contributed by atoms with van der Waals surface area (Å²) >= 11 is 0. The predicted molar refractivity (Wildman–Crippen MR) is 63.6 cm³/mol. The maximum absolute atomic E-state index is 10.1. The van der Waals surface area contributed by atoms with Crippen LogP contribution in [0.3, 0.4) is 0 Å². The van der Waals surface area contributed by atoms with Gasteiger partial charge in [0.25, 0.3) is 0 Å². The fourth-order valence-corrected chi connectivity index (χ4v) is 1.81. The molecule has 0 fully saturated rings. The number of aliphatic hydroxyl groups excluding tert-OH is 1. The molecule has 0 heterocycles. The second-order valence-electron chi connectivity index (χ2n) is 4.14. The Hall–Kier alpha value is -0.860. The Morgan fingerprint density at radius 3 is 2.33 bits per heavy atom. The van der Waals surface area contributed by atoms with E-state index in [-0.39, 0.29) is 5.92 Å². The molecule has 0 radical (unpaired) electrons. The van der Waals surface area contributed by atoms with Crippen molar-refractivity contribution in [2.24, 2.45) is 11.7 Å². The number of rotatable bonds is 5. The first-order valence-corrected chi connectivity index (χ1v) is 5.63. The Labute approximate surface area is 92.1 Å². The second-order valence-corrected chi connectivity index (χ2v) is 4.14. The number of hydrogen-bond donors (Lipinski definition) is 2. The lowest BCUT2D eigenvalue weighted by Gasteiger charge is -2.21. The van der Waals surface area contributed by atoms with Gasteiger partial charge in [0.2, 0.25) is 0 Å². The van der Waals surface area contributed by atoms with Crippen LogP contribution in [-0.2, 0) is 0 Å². The SMILES string of the molecule is CCCC(CN)C(O)c1ccc(C)cc1. The lowest BCUT2D eigenvalue weighted by atomic mass is 9.91. The summed E-state index contributed by atoms with van der Waals surface area (Å²) < 4.78 is 0. The molecule has 3 N–H and O–H groups in total. The monoisotopic (exact) mass is 207 g/mol. The van der Waals surface area contributed by atoms with Gasteiger partial charge >= 0.3 is 0 Å². The van der Waals surface area contributed by atoms with Crippen molar-refractivity contribution in [3.05, 3.63) is 35.4 Å². The average molecular weight is 207 g/mol. The highest BCUT2D eigenvalue weighted by Gasteiger charge is 2.18. The number of aliphatic hydroxyl groups is 1. The maximum Gasteiger partial charge on any atom is 0.0830 e. The fourth-order valence-electron chi connectivity index (χ4n) is 1.81. The molecule has 0 aromatic heterocycles. The van der Waals surface area contributed by atoms with Crippen molar-refractivity contribution >= 4 is 0 Å². The van der Waals surface area contributed by atoms with Gasteiger partial charge in [-0.1, -0.05) is 43.2 Å². The number of nitrogens with two attached hydrogens (primary N) is 1. The molecule has 0 saturated heterocycles. The van der Waals surface area contributed by atoms with Crippen LogP contribution in [0.15, 0.2) is 24.3 Å². The largest absolute Gasteiger partial charge is 0.388 e. The molecule has 15 heavy (non-hydrogen) atoms. The van der Waals surface area contributed by atoms with Gasteiger partial charge in [0.1, 0.15) is 0 Å². The van der Waals surface area contributed by atoms with Crippen molar-refractivity contribution in [3.8, 4) is 0 Å². The molecule has 0 aliphatic heterocycles. The van der Waals surface area contributed by atoms with Crippen molar-refractivity contribution in [2.45, 2.75) is 32.8 Å². The summed E-state index contributed by atoms with van der Waals surface area (Å²) in [6, 6.07) is 8.02. The van der Waals surface area contributed by atoms with Crippen molar-refractivity contribution in [1.82, 2.24) is 0 Å². The Balaban J connectivity index is 2.73. The van der Waals surface area contributed by atoms with Crippen molar-refractivity contribution < 1.29 is 5.11 Å². The molecule has 0 aliphatic rings. The van der Waals surface area contributed by atoms with E-state index in [9.17, 15) is 5.11 Å². The third-order valence-electron chi connectivity index (χ3n) is 2.83. The molecule has 1 aromatic carbocycles. The lowest BCUT2D eigenvalue weighted by Crippen LogP contribution is -2.21. The van der Waals surface area contributed by atoms with E-state index in [0.29, 0.717) is 6.54 Å². The molecule has 1 rings (SSSR count). The van der Waals surface area contributed by atoms with Crippen molar-refractivity contribution in [2.75, 3.05) is 6.54 Å². The summed E-state index contributed by atoms with van der Waals surface area (Å²) in [4.78, 5) is 0. The first kappa shape index (κ1) is 12.2. The minimum Gasteiger partial charge on any atom is -0.388 e. The molecule has 84 valence electrons. The van der Waals surface area contributed by atoms with Gasteiger partial charge < -0.3 is 10.8 Å². The van der Waals surface area contributed by atoms with E-state index in [0.717, 1.165) is 18.4 Å². The second kappa shape index (κ2) is 5.89. The Morgan fingerprint density at radius 2 is 1.87 bits per heavy atom. The van der Waals surface area contributed by atoms with Crippen molar-refractivity contribution in [1.29, 1.82) is 0 Å². The van der Waals surface area contributed by atoms with Crippen LogP contribution in [0.2, 0.25) is 0 Å². The van der Waals surface area contributed by atoms with Gasteiger partial charge in [-0.15, -0.1) is 0 Å². The summed E-state index contributed by atoms with van der Waals surface area (Å²) in [7, 11) is 0. The van der Waals surface area contributed by atoms with Crippen molar-refractivity contribution in [3.63, 3.8) is 0 Å². The van der Waals surface area contributed by atoms with Gasteiger partial charge in [0.15, 0.2) is 0 Å². The van der Waals surface area contributed by atoms with E-state index >= 15 is 0 Å². The van der Waals surface area contributed by atoms with Gasteiger partial charge in [-0.3, -0.25) is 0 Å². The molecule has 2 atom stereocenters. The van der Waals surface area contributed by atoms with Crippen LogP contribution < -0.4 is 5.73 Å². The molecule has 0 bridgehead atoms. The van der Waals surface area contributed by atoms with Gasteiger partial charge in [0.05, 0.1) is 6.10 Å². The Morgan fingerprint density at radius 1 is 1.27 bits per heavy atom. The first-order valence-electron chi connectivity index (χ1n) is 5.63. The smallest absolute Gasteiger partial charge is 0.0830 e. The van der Waals surface area contributed by atoms with Crippen LogP contribution in [0.25, 0.3) is 0 Å². The first-order chi connectivity index (χ1) is 7.19. The summed E-state index contributed by atoms with van der Waals surface area (Å²) in [5, 5.41) is 10.1. The van der Waals surface area contributed by atoms with Gasteiger partial charge in [-0.25, -0.2) is 0 Å². The van der Waals surface area contributed by atoms with E-state index in [1.54, 1.807) is 0 Å². The third kappa shape index (κ3) is 3.33. The molecule has 2 nitrogen and oxygen atoms in total. The highest BCUT2D eigenvalue weighted by molar-refractivity contribution is 5.23. The van der Waals surface area contributed by atoms with Crippen LogP contribution in [0.5, 0.6) is 0 Å². The topological polar surface area (TPSA) is 46.2 Å². The molecular weight excluding hydrogens is 186 g/mol. The number of aryl methyl sites for hydroxylation is 1. The zero-order chi connectivity index (χ0) is 11.3. The fraction of sp³-hybridized carbons (Fsp3) is 0.538. The minimum absolute atomic E-state index is 0.178. The molecule has 0 saturated carbocycles. The van der Waals surface area contributed by atoms with Crippen LogP contribution in [0.1, 0.15) is 37.0 Å². The number of hydrogen-bond acceptors (Lipinski definition) is 2. The van der Waals surface area contributed by atoms with Gasteiger partial charge in [-0.05, 0) is 25.5 Å². The summed E-state index contributed by atoms with van der Waals surface area (Å²) in [6.07, 6.45) is 1.62. The molecule has 2 unspecified atom stereocenters. The van der Waals surface area contributed by atoms with E-state index < -0.39 is 6.10 Å². The van der Waals surface area contributed by atoms with Gasteiger partial charge in [0, 0.05) is 5.92 Å². The Bertz CT molecular complexity index is 281. The molecule has 2 heteroatoms. The van der Waals surface area contributed by atoms with E-state index in [1.807, 2.05) is 31.2 Å². The summed E-state index contributed by atoms with van der Waals surface area (Å²) in [5.74, 6) is 0.178. The van der Waals surface area contributed by atoms with Gasteiger partial charge in [-0.2, -0.15) is 0 Å². The predicted octanol–water partition coefficient (Wildman–Crippen LogP) is 2.40. The highest BCUT2D eigenvalue weighted by Crippen LogP contribution is 2.25.